The molecule has 0 aromatic carbocycles. The molecule has 1 aliphatic rings. The third-order valence-corrected chi connectivity index (χ3v) is 2.74. The third-order valence-electron chi connectivity index (χ3n) is 2.74. The summed E-state index contributed by atoms with van der Waals surface area (Å²) in [5.74, 6) is 0.622. The van der Waals surface area contributed by atoms with Crippen LogP contribution in [0, 0.1) is 0 Å². The lowest BCUT2D eigenvalue weighted by molar-refractivity contribution is -0.121. The van der Waals surface area contributed by atoms with Gasteiger partial charge in [0.25, 0.3) is 0 Å². The first-order chi connectivity index (χ1) is 8.09. The third kappa shape index (κ3) is 5.56. The Bertz CT molecular complexity index is 270. The molecule has 17 heavy (non-hydrogen) atoms. The molecule has 1 fully saturated rings. The number of guanidine groups is 1. The number of aliphatic imine (C=N–C) groups is 1. The molecule has 1 rings (SSSR count). The second-order valence-electron chi connectivity index (χ2n) is 4.76. The Kier molecular flexibility index (Phi) is 5.80. The van der Waals surface area contributed by atoms with Crippen molar-refractivity contribution in [2.45, 2.75) is 45.6 Å². The molecule has 1 aliphatic heterocycles. The molecule has 1 saturated heterocycles. The van der Waals surface area contributed by atoms with Gasteiger partial charge < -0.3 is 16.0 Å². The lowest BCUT2D eigenvalue weighted by atomic mass is 10.1. The molecule has 98 valence electrons. The zero-order chi connectivity index (χ0) is 12.7. The number of hydrogen-bond donors (Lipinski definition) is 2. The minimum absolute atomic E-state index is 0.0372. The molecular formula is C12H24N4O. The van der Waals surface area contributed by atoms with Crippen molar-refractivity contribution in [2.24, 2.45) is 10.7 Å². The smallest absolute Gasteiger partial charge is 0.222 e. The summed E-state index contributed by atoms with van der Waals surface area (Å²) < 4.78 is 0. The standard InChI is InChI=1S/C12H24N4O/c1-10(2)15-11(17)6-7-14-12(13)16-8-4-3-5-9-16/h10H,3-9H2,1-2H3,(H2,13,14)(H,15,17). The maximum absolute atomic E-state index is 11.4. The van der Waals surface area contributed by atoms with Gasteiger partial charge >= 0.3 is 0 Å². The fraction of sp³-hybridized carbons (Fsp3) is 0.833. The van der Waals surface area contributed by atoms with E-state index in [0.717, 1.165) is 13.1 Å². The zero-order valence-corrected chi connectivity index (χ0v) is 10.9. The summed E-state index contributed by atoms with van der Waals surface area (Å²) in [6.07, 6.45) is 4.06. The number of nitrogens with one attached hydrogen (secondary N) is 1. The first-order valence-corrected chi connectivity index (χ1v) is 6.44. The Morgan fingerprint density at radius 1 is 1.35 bits per heavy atom. The average molecular weight is 240 g/mol. The van der Waals surface area contributed by atoms with Crippen molar-refractivity contribution in [1.82, 2.24) is 10.2 Å². The quantitative estimate of drug-likeness (QED) is 0.561. The van der Waals surface area contributed by atoms with Crippen molar-refractivity contribution in [3.63, 3.8) is 0 Å². The van der Waals surface area contributed by atoms with Gasteiger partial charge in [-0.1, -0.05) is 0 Å². The Balaban J connectivity index is 2.25. The van der Waals surface area contributed by atoms with Gasteiger partial charge in [0.2, 0.25) is 5.91 Å². The first-order valence-electron chi connectivity index (χ1n) is 6.44. The molecule has 0 radical (unpaired) electrons. The molecule has 0 unspecified atom stereocenters. The fourth-order valence-electron chi connectivity index (χ4n) is 1.89. The molecule has 0 spiro atoms. The summed E-state index contributed by atoms with van der Waals surface area (Å²) >= 11 is 0. The van der Waals surface area contributed by atoms with Gasteiger partial charge in [-0.2, -0.15) is 0 Å². The maximum Gasteiger partial charge on any atom is 0.222 e. The summed E-state index contributed by atoms with van der Waals surface area (Å²) in [7, 11) is 0. The molecule has 0 aliphatic carbocycles. The average Bonchev–Trinajstić information content (AvgIpc) is 2.29. The molecule has 3 N–H and O–H groups in total. The molecule has 0 atom stereocenters. The minimum atomic E-state index is 0.0372. The van der Waals surface area contributed by atoms with Crippen LogP contribution in [0.15, 0.2) is 4.99 Å². The van der Waals surface area contributed by atoms with Gasteiger partial charge in [-0.15, -0.1) is 0 Å². The predicted octanol–water partition coefficient (Wildman–Crippen LogP) is 0.702. The Hall–Kier alpha value is -1.26. The van der Waals surface area contributed by atoms with Crippen LogP contribution in [0.3, 0.4) is 0 Å². The van der Waals surface area contributed by atoms with E-state index in [1.54, 1.807) is 0 Å². The molecule has 0 aromatic rings. The monoisotopic (exact) mass is 240 g/mol. The molecule has 1 heterocycles. The van der Waals surface area contributed by atoms with E-state index in [0.29, 0.717) is 18.9 Å². The summed E-state index contributed by atoms with van der Waals surface area (Å²) in [4.78, 5) is 17.7. The Labute approximate surface area is 103 Å². The molecule has 0 saturated carbocycles. The molecule has 0 bridgehead atoms. The van der Waals surface area contributed by atoms with Crippen LogP contribution in [0.2, 0.25) is 0 Å². The second-order valence-corrected chi connectivity index (χ2v) is 4.76. The minimum Gasteiger partial charge on any atom is -0.370 e. The number of hydrogen-bond acceptors (Lipinski definition) is 2. The number of piperidine rings is 1. The lowest BCUT2D eigenvalue weighted by Crippen LogP contribution is -2.41. The molecule has 1 amide bonds. The van der Waals surface area contributed by atoms with Crippen LogP contribution in [0.25, 0.3) is 0 Å². The van der Waals surface area contributed by atoms with Crippen LogP contribution in [0.4, 0.5) is 0 Å². The van der Waals surface area contributed by atoms with Crippen molar-refractivity contribution < 1.29 is 4.79 Å². The van der Waals surface area contributed by atoms with E-state index in [9.17, 15) is 4.79 Å². The number of amides is 1. The molecule has 5 nitrogen and oxygen atoms in total. The van der Waals surface area contributed by atoms with Gasteiger partial charge in [0.1, 0.15) is 0 Å². The van der Waals surface area contributed by atoms with Crippen LogP contribution in [0.5, 0.6) is 0 Å². The summed E-state index contributed by atoms with van der Waals surface area (Å²) in [6, 6.07) is 0.186. The topological polar surface area (TPSA) is 70.7 Å². The second kappa shape index (κ2) is 7.14. The maximum atomic E-state index is 11.4. The van der Waals surface area contributed by atoms with Crippen molar-refractivity contribution in [2.75, 3.05) is 19.6 Å². The molecule has 0 aromatic heterocycles. The van der Waals surface area contributed by atoms with Gasteiger partial charge in [-0.05, 0) is 33.1 Å². The van der Waals surface area contributed by atoms with Gasteiger partial charge in [-0.25, -0.2) is 0 Å². The number of rotatable bonds is 4. The Morgan fingerprint density at radius 3 is 2.59 bits per heavy atom. The Morgan fingerprint density at radius 2 is 2.00 bits per heavy atom. The van der Waals surface area contributed by atoms with Gasteiger partial charge in [0, 0.05) is 25.6 Å². The predicted molar refractivity (Wildman–Crippen MR) is 69.8 cm³/mol. The van der Waals surface area contributed by atoms with Gasteiger partial charge in [-0.3, -0.25) is 9.79 Å². The SMILES string of the molecule is CC(C)NC(=O)CCN=C(N)N1CCCCC1. The number of nitrogens with two attached hydrogens (primary N) is 1. The number of nitrogens with zero attached hydrogens (tertiary/aromatic N) is 2. The highest BCUT2D eigenvalue weighted by Gasteiger charge is 2.11. The van der Waals surface area contributed by atoms with E-state index in [-0.39, 0.29) is 11.9 Å². The van der Waals surface area contributed by atoms with Crippen LogP contribution >= 0.6 is 0 Å². The van der Waals surface area contributed by atoms with Gasteiger partial charge in [0.15, 0.2) is 5.96 Å². The first kappa shape index (κ1) is 13.8. The highest BCUT2D eigenvalue weighted by molar-refractivity contribution is 5.79. The van der Waals surface area contributed by atoms with Crippen LogP contribution in [0.1, 0.15) is 39.5 Å². The van der Waals surface area contributed by atoms with Crippen LogP contribution in [-0.4, -0.2) is 42.4 Å². The van der Waals surface area contributed by atoms with Crippen molar-refractivity contribution in [3.8, 4) is 0 Å². The number of carbonyl (C=O) groups is 1. The van der Waals surface area contributed by atoms with E-state index in [1.165, 1.54) is 19.3 Å². The van der Waals surface area contributed by atoms with E-state index < -0.39 is 0 Å². The van der Waals surface area contributed by atoms with Crippen molar-refractivity contribution in [3.05, 3.63) is 0 Å². The zero-order valence-electron chi connectivity index (χ0n) is 10.9. The van der Waals surface area contributed by atoms with E-state index in [1.807, 2.05) is 13.8 Å². The van der Waals surface area contributed by atoms with E-state index in [2.05, 4.69) is 15.2 Å². The van der Waals surface area contributed by atoms with Crippen molar-refractivity contribution >= 4 is 11.9 Å². The normalized spacial score (nSPS) is 17.4. The highest BCUT2D eigenvalue weighted by atomic mass is 16.1. The number of likely N-dealkylation sites (tertiary alicyclic amines) is 1. The summed E-state index contributed by atoms with van der Waals surface area (Å²) in [5, 5.41) is 2.83. The van der Waals surface area contributed by atoms with Crippen molar-refractivity contribution in [1.29, 1.82) is 0 Å². The summed E-state index contributed by atoms with van der Waals surface area (Å²) in [5.41, 5.74) is 5.88. The number of carbonyl (C=O) groups excluding carboxylic acids is 1. The van der Waals surface area contributed by atoms with E-state index >= 15 is 0 Å². The van der Waals surface area contributed by atoms with Gasteiger partial charge in [0.05, 0.1) is 6.54 Å². The molecular weight excluding hydrogens is 216 g/mol. The summed E-state index contributed by atoms with van der Waals surface area (Å²) in [6.45, 7) is 6.36. The van der Waals surface area contributed by atoms with E-state index in [4.69, 9.17) is 5.73 Å². The largest absolute Gasteiger partial charge is 0.370 e. The highest BCUT2D eigenvalue weighted by Crippen LogP contribution is 2.07. The van der Waals surface area contributed by atoms with Crippen LogP contribution in [-0.2, 0) is 4.79 Å². The fourth-order valence-corrected chi connectivity index (χ4v) is 1.89. The lowest BCUT2D eigenvalue weighted by Gasteiger charge is -2.27. The molecule has 5 heteroatoms. The van der Waals surface area contributed by atoms with Crippen LogP contribution < -0.4 is 11.1 Å².